The van der Waals surface area contributed by atoms with Crippen molar-refractivity contribution in [2.24, 2.45) is 17.8 Å². The second kappa shape index (κ2) is 8.29. The van der Waals surface area contributed by atoms with Crippen LogP contribution in [0.5, 0.6) is 0 Å². The minimum atomic E-state index is 0.299. The summed E-state index contributed by atoms with van der Waals surface area (Å²) in [6, 6.07) is 0. The van der Waals surface area contributed by atoms with Gasteiger partial charge in [-0.3, -0.25) is 9.59 Å². The zero-order valence-electron chi connectivity index (χ0n) is 12.7. The highest BCUT2D eigenvalue weighted by molar-refractivity contribution is 5.92. The first-order chi connectivity index (χ1) is 9.06. The molecule has 2 rings (SSSR count). The predicted molar refractivity (Wildman–Crippen MR) is 79.0 cm³/mol. The van der Waals surface area contributed by atoms with E-state index in [1.54, 1.807) is 6.08 Å². The fourth-order valence-electron chi connectivity index (χ4n) is 3.07. The average Bonchev–Trinajstić information content (AvgIpc) is 2.88. The third-order valence-electron chi connectivity index (χ3n) is 4.18. The molecule has 1 fully saturated rings. The van der Waals surface area contributed by atoms with Crippen molar-refractivity contribution in [2.45, 2.75) is 65.7 Å². The third kappa shape index (κ3) is 5.71. The average molecular weight is 264 g/mol. The van der Waals surface area contributed by atoms with Crippen molar-refractivity contribution in [2.75, 3.05) is 0 Å². The maximum atomic E-state index is 10.9. The second-order valence-corrected chi connectivity index (χ2v) is 6.05. The van der Waals surface area contributed by atoms with Gasteiger partial charge in [-0.15, -0.1) is 0 Å². The molecular formula is C17H28O2. The molecule has 0 heterocycles. The number of Topliss-reactive ketones (excluding diaryl/α,β-unsaturated/α-hetero) is 1. The quantitative estimate of drug-likeness (QED) is 0.757. The molecule has 1 saturated carbocycles. The van der Waals surface area contributed by atoms with E-state index in [0.717, 1.165) is 19.3 Å². The molecule has 108 valence electrons. The zero-order valence-corrected chi connectivity index (χ0v) is 12.7. The predicted octanol–water partition coefficient (Wildman–Crippen LogP) is 4.33. The lowest BCUT2D eigenvalue weighted by Gasteiger charge is -2.11. The highest BCUT2D eigenvalue weighted by Gasteiger charge is 2.28. The van der Waals surface area contributed by atoms with Crippen LogP contribution in [0.25, 0.3) is 0 Å². The second-order valence-electron chi connectivity index (χ2n) is 6.05. The molecule has 0 N–H and O–H groups in total. The van der Waals surface area contributed by atoms with E-state index in [2.05, 4.69) is 20.8 Å². The van der Waals surface area contributed by atoms with Gasteiger partial charge in [-0.25, -0.2) is 0 Å². The first-order valence-corrected chi connectivity index (χ1v) is 7.79. The van der Waals surface area contributed by atoms with Crippen LogP contribution < -0.4 is 0 Å². The van der Waals surface area contributed by atoms with Gasteiger partial charge in [-0.05, 0) is 30.3 Å². The molecule has 0 aromatic heterocycles. The van der Waals surface area contributed by atoms with Crippen LogP contribution >= 0.6 is 0 Å². The van der Waals surface area contributed by atoms with E-state index in [4.69, 9.17) is 0 Å². The van der Waals surface area contributed by atoms with E-state index < -0.39 is 0 Å². The van der Waals surface area contributed by atoms with E-state index in [-0.39, 0.29) is 0 Å². The van der Waals surface area contributed by atoms with E-state index in [1.165, 1.54) is 25.7 Å². The van der Waals surface area contributed by atoms with Gasteiger partial charge < -0.3 is 0 Å². The van der Waals surface area contributed by atoms with Crippen molar-refractivity contribution >= 4 is 11.6 Å². The van der Waals surface area contributed by atoms with Gasteiger partial charge in [0.15, 0.2) is 5.78 Å². The van der Waals surface area contributed by atoms with Crippen LogP contribution in [0.1, 0.15) is 65.7 Å². The van der Waals surface area contributed by atoms with Crippen LogP contribution in [-0.4, -0.2) is 11.6 Å². The van der Waals surface area contributed by atoms with Gasteiger partial charge >= 0.3 is 0 Å². The summed E-state index contributed by atoms with van der Waals surface area (Å²) < 4.78 is 0. The topological polar surface area (TPSA) is 34.1 Å². The van der Waals surface area contributed by atoms with E-state index in [9.17, 15) is 9.59 Å². The van der Waals surface area contributed by atoms with E-state index in [1.807, 2.05) is 6.08 Å². The molecule has 0 saturated heterocycles. The molecule has 0 radical (unpaired) electrons. The maximum Gasteiger partial charge on any atom is 0.155 e. The van der Waals surface area contributed by atoms with Gasteiger partial charge in [0.25, 0.3) is 0 Å². The molecule has 3 atom stereocenters. The smallest absolute Gasteiger partial charge is 0.155 e. The normalized spacial score (nSPS) is 29.5. The Morgan fingerprint density at radius 3 is 2.16 bits per heavy atom. The van der Waals surface area contributed by atoms with E-state index >= 15 is 0 Å². The molecule has 0 aromatic rings. The van der Waals surface area contributed by atoms with Gasteiger partial charge in [0, 0.05) is 19.3 Å². The first kappa shape index (κ1) is 16.1. The summed E-state index contributed by atoms with van der Waals surface area (Å²) in [5.74, 6) is 2.70. The largest absolute Gasteiger partial charge is 0.300 e. The van der Waals surface area contributed by atoms with Crippen molar-refractivity contribution in [1.29, 1.82) is 0 Å². The van der Waals surface area contributed by atoms with Gasteiger partial charge in [-0.2, -0.15) is 0 Å². The molecule has 0 bridgehead atoms. The molecule has 2 heteroatoms. The van der Waals surface area contributed by atoms with Gasteiger partial charge in [-0.1, -0.05) is 46.1 Å². The standard InChI is InChI=1S/C9H16O.C8H12O/c1-3-4-8-6-9(10)5-7(8)2;1-2-3-7-4-5-8(9)6-7/h7-8H,3-6H2,1-2H3;4-5,7H,2-3,6H2,1H3/t7-,8-;7-/m10/s1. The molecule has 0 unspecified atom stereocenters. The summed E-state index contributed by atoms with van der Waals surface area (Å²) >= 11 is 0. The maximum absolute atomic E-state index is 10.9. The number of allylic oxidation sites excluding steroid dienone is 2. The molecule has 0 aromatic carbocycles. The number of ketones is 2. The summed E-state index contributed by atoms with van der Waals surface area (Å²) in [7, 11) is 0. The first-order valence-electron chi connectivity index (χ1n) is 7.79. The fraction of sp³-hybridized carbons (Fsp3) is 0.765. The lowest BCUT2D eigenvalue weighted by molar-refractivity contribution is -0.117. The fourth-order valence-corrected chi connectivity index (χ4v) is 3.07. The summed E-state index contributed by atoms with van der Waals surface area (Å²) in [5, 5.41) is 0. The van der Waals surface area contributed by atoms with Crippen molar-refractivity contribution in [3.8, 4) is 0 Å². The summed E-state index contributed by atoms with van der Waals surface area (Å²) in [4.78, 5) is 21.6. The number of carbonyl (C=O) groups excluding carboxylic acids is 2. The van der Waals surface area contributed by atoms with Crippen molar-refractivity contribution < 1.29 is 9.59 Å². The Bertz CT molecular complexity index is 330. The van der Waals surface area contributed by atoms with Crippen molar-refractivity contribution in [1.82, 2.24) is 0 Å². The Labute approximate surface area is 117 Å². The molecular weight excluding hydrogens is 236 g/mol. The summed E-state index contributed by atoms with van der Waals surface area (Å²) in [5.41, 5.74) is 0. The molecule has 2 nitrogen and oxygen atoms in total. The Balaban J connectivity index is 0.000000191. The monoisotopic (exact) mass is 264 g/mol. The number of rotatable bonds is 4. The Morgan fingerprint density at radius 1 is 1.05 bits per heavy atom. The summed E-state index contributed by atoms with van der Waals surface area (Å²) in [6.07, 6.45) is 11.0. The van der Waals surface area contributed by atoms with Crippen molar-refractivity contribution in [3.63, 3.8) is 0 Å². The highest BCUT2D eigenvalue weighted by atomic mass is 16.1. The number of hydrogen-bond donors (Lipinski definition) is 0. The van der Waals surface area contributed by atoms with E-state index in [0.29, 0.717) is 29.3 Å². The van der Waals surface area contributed by atoms with Crippen LogP contribution in [0.15, 0.2) is 12.2 Å². The van der Waals surface area contributed by atoms with Crippen LogP contribution in [0.4, 0.5) is 0 Å². The lowest BCUT2D eigenvalue weighted by atomic mass is 9.94. The Morgan fingerprint density at radius 2 is 1.74 bits per heavy atom. The number of hydrogen-bond acceptors (Lipinski definition) is 2. The third-order valence-corrected chi connectivity index (χ3v) is 4.18. The Hall–Kier alpha value is -0.920. The van der Waals surface area contributed by atoms with Crippen LogP contribution in [0, 0.1) is 17.8 Å². The molecule has 2 aliphatic carbocycles. The minimum Gasteiger partial charge on any atom is -0.300 e. The molecule has 0 amide bonds. The SMILES string of the molecule is CCC[C@@H]1CC(=O)C[C@H]1C.CCC[C@H]1C=CC(=O)C1. The molecule has 0 spiro atoms. The zero-order chi connectivity index (χ0) is 14.3. The molecule has 19 heavy (non-hydrogen) atoms. The molecule has 2 aliphatic rings. The van der Waals surface area contributed by atoms with Gasteiger partial charge in [0.05, 0.1) is 0 Å². The number of carbonyl (C=O) groups is 2. The van der Waals surface area contributed by atoms with Crippen LogP contribution in [0.3, 0.4) is 0 Å². The summed E-state index contributed by atoms with van der Waals surface area (Å²) in [6.45, 7) is 6.54. The van der Waals surface area contributed by atoms with Gasteiger partial charge in [0.2, 0.25) is 0 Å². The highest BCUT2D eigenvalue weighted by Crippen LogP contribution is 2.31. The van der Waals surface area contributed by atoms with Crippen molar-refractivity contribution in [3.05, 3.63) is 12.2 Å². The lowest BCUT2D eigenvalue weighted by Crippen LogP contribution is -2.02. The van der Waals surface area contributed by atoms with Crippen LogP contribution in [-0.2, 0) is 9.59 Å². The minimum absolute atomic E-state index is 0.299. The van der Waals surface area contributed by atoms with Crippen LogP contribution in [0.2, 0.25) is 0 Å². The molecule has 0 aliphatic heterocycles. The van der Waals surface area contributed by atoms with Gasteiger partial charge in [0.1, 0.15) is 5.78 Å². The Kier molecular flexibility index (Phi) is 7.04.